The Morgan fingerprint density at radius 2 is 1.87 bits per heavy atom. The number of benzene rings is 1. The molecule has 194 valence electrons. The van der Waals surface area contributed by atoms with Crippen LogP contribution in [-0.2, 0) is 0 Å². The Balaban J connectivity index is 1.25. The molecule has 0 bridgehead atoms. The molecular formula is C31H27N5O2S. The maximum atomic E-state index is 11.8. The molecule has 0 aliphatic heterocycles. The number of pyridine rings is 2. The number of fused-ring (bicyclic) bond motifs is 2. The number of hydrogen-bond donors (Lipinski definition) is 2. The molecule has 1 fully saturated rings. The standard InChI is InChI=1S/C31H27N5O2S/c1-18(37)28-9-10-29(39-28)23-11-12-33-31-24(23)15-27(34-31)30-25-14-19(7-8-26(25)35-36-30)20-13-22(17-32-16-20)38-21-5-3-2-4-6-21/h7-17,21H,2-6H2,1H3,(H,33,34)(H,35,36). The Kier molecular flexibility index (Phi) is 5.97. The molecule has 1 aromatic carbocycles. The topological polar surface area (TPSA) is 96.6 Å². The van der Waals surface area contributed by atoms with Gasteiger partial charge in [-0.25, -0.2) is 4.98 Å². The van der Waals surface area contributed by atoms with Crippen LogP contribution in [0, 0.1) is 0 Å². The minimum Gasteiger partial charge on any atom is -0.489 e. The van der Waals surface area contributed by atoms with E-state index in [9.17, 15) is 4.79 Å². The molecule has 8 heteroatoms. The van der Waals surface area contributed by atoms with Gasteiger partial charge in [0.1, 0.15) is 17.1 Å². The second-order valence-electron chi connectivity index (χ2n) is 10.1. The van der Waals surface area contributed by atoms with E-state index in [2.05, 4.69) is 55.5 Å². The van der Waals surface area contributed by atoms with Gasteiger partial charge in [-0.05, 0) is 80.6 Å². The highest BCUT2D eigenvalue weighted by atomic mass is 32.1. The summed E-state index contributed by atoms with van der Waals surface area (Å²) in [6.45, 7) is 1.60. The normalized spacial score (nSPS) is 14.3. The number of hydrogen-bond acceptors (Lipinski definition) is 6. The van der Waals surface area contributed by atoms with Crippen molar-refractivity contribution in [3.63, 3.8) is 0 Å². The van der Waals surface area contributed by atoms with Gasteiger partial charge in [0.15, 0.2) is 5.78 Å². The lowest BCUT2D eigenvalue weighted by atomic mass is 9.98. The predicted octanol–water partition coefficient (Wildman–Crippen LogP) is 7.81. The molecule has 0 amide bonds. The molecule has 0 saturated heterocycles. The van der Waals surface area contributed by atoms with Crippen LogP contribution in [0.4, 0.5) is 0 Å². The summed E-state index contributed by atoms with van der Waals surface area (Å²) in [6.07, 6.45) is 11.7. The number of aromatic amines is 2. The van der Waals surface area contributed by atoms with Crippen molar-refractivity contribution in [1.82, 2.24) is 25.1 Å². The van der Waals surface area contributed by atoms with Crippen LogP contribution in [0.15, 0.2) is 67.1 Å². The first kappa shape index (κ1) is 23.8. The monoisotopic (exact) mass is 533 g/mol. The van der Waals surface area contributed by atoms with E-state index in [4.69, 9.17) is 4.74 Å². The van der Waals surface area contributed by atoms with Crippen molar-refractivity contribution >= 4 is 39.1 Å². The van der Waals surface area contributed by atoms with Crippen LogP contribution in [0.3, 0.4) is 0 Å². The predicted molar refractivity (Wildman–Crippen MR) is 155 cm³/mol. The van der Waals surface area contributed by atoms with Crippen LogP contribution < -0.4 is 4.74 Å². The number of carbonyl (C=O) groups excluding carboxylic acids is 1. The summed E-state index contributed by atoms with van der Waals surface area (Å²) in [5.74, 6) is 0.897. The SMILES string of the molecule is CC(=O)c1ccc(-c2ccnc3[nH]c(-c4n[nH]c5ccc(-c6cncc(OC7CCCCC7)c6)cc45)cc23)s1. The lowest BCUT2D eigenvalue weighted by molar-refractivity contribution is 0.102. The Morgan fingerprint density at radius 3 is 2.72 bits per heavy atom. The first-order chi connectivity index (χ1) is 19.1. The van der Waals surface area contributed by atoms with E-state index >= 15 is 0 Å². The number of rotatable bonds is 6. The van der Waals surface area contributed by atoms with Crippen LogP contribution in [0.25, 0.3) is 54.9 Å². The largest absolute Gasteiger partial charge is 0.489 e. The molecule has 1 saturated carbocycles. The fraction of sp³-hybridized carbons (Fsp3) is 0.226. The van der Waals surface area contributed by atoms with Gasteiger partial charge in [-0.1, -0.05) is 12.5 Å². The average molecular weight is 534 g/mol. The van der Waals surface area contributed by atoms with Gasteiger partial charge in [0.05, 0.1) is 28.4 Å². The van der Waals surface area contributed by atoms with Gasteiger partial charge >= 0.3 is 0 Å². The van der Waals surface area contributed by atoms with Crippen LogP contribution >= 0.6 is 11.3 Å². The Labute approximate surface area is 229 Å². The number of nitrogens with zero attached hydrogens (tertiary/aromatic N) is 3. The Morgan fingerprint density at radius 1 is 0.974 bits per heavy atom. The highest BCUT2D eigenvalue weighted by Crippen LogP contribution is 2.37. The van der Waals surface area contributed by atoms with Crippen molar-refractivity contribution in [3.05, 3.63) is 72.0 Å². The molecule has 5 aromatic heterocycles. The van der Waals surface area contributed by atoms with E-state index in [-0.39, 0.29) is 11.9 Å². The lowest BCUT2D eigenvalue weighted by Crippen LogP contribution is -2.19. The summed E-state index contributed by atoms with van der Waals surface area (Å²) in [5.41, 5.74) is 6.55. The van der Waals surface area contributed by atoms with Crippen molar-refractivity contribution < 1.29 is 9.53 Å². The van der Waals surface area contributed by atoms with Crippen LogP contribution in [0.1, 0.15) is 48.7 Å². The fourth-order valence-corrected chi connectivity index (χ4v) is 6.40. The maximum Gasteiger partial charge on any atom is 0.169 e. The van der Waals surface area contributed by atoms with Gasteiger partial charge in [-0.2, -0.15) is 5.10 Å². The average Bonchev–Trinajstić information content (AvgIpc) is 3.71. The van der Waals surface area contributed by atoms with Crippen molar-refractivity contribution in [2.75, 3.05) is 0 Å². The second-order valence-corrected chi connectivity index (χ2v) is 11.2. The summed E-state index contributed by atoms with van der Waals surface area (Å²) < 4.78 is 6.27. The van der Waals surface area contributed by atoms with E-state index in [1.54, 1.807) is 13.1 Å². The highest BCUT2D eigenvalue weighted by Gasteiger charge is 2.18. The molecule has 0 spiro atoms. The molecule has 1 aliphatic rings. The molecule has 0 unspecified atom stereocenters. The Bertz CT molecular complexity index is 1830. The van der Waals surface area contributed by atoms with E-state index < -0.39 is 0 Å². The zero-order valence-corrected chi connectivity index (χ0v) is 22.3. The number of aromatic nitrogens is 5. The van der Waals surface area contributed by atoms with Crippen molar-refractivity contribution in [2.24, 2.45) is 0 Å². The third-order valence-corrected chi connectivity index (χ3v) is 8.69. The number of ether oxygens (including phenoxy) is 1. The maximum absolute atomic E-state index is 11.8. The minimum absolute atomic E-state index is 0.0754. The van der Waals surface area contributed by atoms with Gasteiger partial charge in [-0.15, -0.1) is 11.3 Å². The molecule has 1 aliphatic carbocycles. The third kappa shape index (κ3) is 4.51. The van der Waals surface area contributed by atoms with Crippen LogP contribution in [0.5, 0.6) is 5.75 Å². The second kappa shape index (κ2) is 9.78. The van der Waals surface area contributed by atoms with Gasteiger partial charge in [0.25, 0.3) is 0 Å². The molecule has 7 nitrogen and oxygen atoms in total. The van der Waals surface area contributed by atoms with Crippen molar-refractivity contribution in [2.45, 2.75) is 45.1 Å². The van der Waals surface area contributed by atoms with E-state index in [0.29, 0.717) is 0 Å². The van der Waals surface area contributed by atoms with Gasteiger partial charge in [-0.3, -0.25) is 14.9 Å². The first-order valence-corrected chi connectivity index (χ1v) is 14.1. The van der Waals surface area contributed by atoms with E-state index in [1.807, 2.05) is 30.6 Å². The quantitative estimate of drug-likeness (QED) is 0.213. The number of carbonyl (C=O) groups is 1. The summed E-state index contributed by atoms with van der Waals surface area (Å²) in [4.78, 5) is 26.1. The number of nitrogens with one attached hydrogen (secondary N) is 2. The summed E-state index contributed by atoms with van der Waals surface area (Å²) in [7, 11) is 0. The lowest BCUT2D eigenvalue weighted by Gasteiger charge is -2.23. The van der Waals surface area contributed by atoms with Crippen molar-refractivity contribution in [3.8, 4) is 38.7 Å². The van der Waals surface area contributed by atoms with E-state index in [0.717, 1.165) is 78.4 Å². The molecule has 0 atom stereocenters. The summed E-state index contributed by atoms with van der Waals surface area (Å²) in [6, 6.07) is 16.3. The minimum atomic E-state index is 0.0754. The summed E-state index contributed by atoms with van der Waals surface area (Å²) in [5, 5.41) is 9.83. The Hall–Kier alpha value is -4.30. The highest BCUT2D eigenvalue weighted by molar-refractivity contribution is 7.17. The fourth-order valence-electron chi connectivity index (χ4n) is 5.46. The zero-order valence-electron chi connectivity index (χ0n) is 21.5. The molecular weight excluding hydrogens is 506 g/mol. The molecule has 0 radical (unpaired) electrons. The van der Waals surface area contributed by atoms with Crippen LogP contribution in [-0.4, -0.2) is 37.0 Å². The molecule has 7 rings (SSSR count). The smallest absolute Gasteiger partial charge is 0.169 e. The molecule has 5 heterocycles. The van der Waals surface area contributed by atoms with Gasteiger partial charge in [0, 0.05) is 39.2 Å². The number of thiophene rings is 1. The number of Topliss-reactive ketones (excluding diaryl/α,β-unsaturated/α-hetero) is 1. The molecule has 2 N–H and O–H groups in total. The zero-order chi connectivity index (χ0) is 26.3. The number of H-pyrrole nitrogens is 2. The van der Waals surface area contributed by atoms with Gasteiger partial charge in [0.2, 0.25) is 0 Å². The molecule has 6 aromatic rings. The van der Waals surface area contributed by atoms with Gasteiger partial charge < -0.3 is 9.72 Å². The number of ketones is 1. The van der Waals surface area contributed by atoms with Crippen LogP contribution in [0.2, 0.25) is 0 Å². The molecule has 39 heavy (non-hydrogen) atoms. The van der Waals surface area contributed by atoms with Crippen molar-refractivity contribution in [1.29, 1.82) is 0 Å². The first-order valence-electron chi connectivity index (χ1n) is 13.3. The summed E-state index contributed by atoms with van der Waals surface area (Å²) >= 11 is 1.50. The third-order valence-electron chi connectivity index (χ3n) is 7.47. The van der Waals surface area contributed by atoms with E-state index in [1.165, 1.54) is 30.6 Å².